The minimum Gasteiger partial charge on any atom is -0.493 e. The summed E-state index contributed by atoms with van der Waals surface area (Å²) in [6, 6.07) is 16.9. The summed E-state index contributed by atoms with van der Waals surface area (Å²) in [5, 5.41) is 19.2. The van der Waals surface area contributed by atoms with E-state index in [4.69, 9.17) is 14.2 Å². The lowest BCUT2D eigenvalue weighted by atomic mass is 10.0. The van der Waals surface area contributed by atoms with Crippen molar-refractivity contribution in [1.29, 1.82) is 10.5 Å². The van der Waals surface area contributed by atoms with Gasteiger partial charge in [0, 0.05) is 15.8 Å². The van der Waals surface area contributed by atoms with Gasteiger partial charge in [-0.3, -0.25) is 4.79 Å². The lowest BCUT2D eigenvalue weighted by molar-refractivity contribution is -0.114. The Bertz CT molecular complexity index is 1430. The van der Waals surface area contributed by atoms with Crippen LogP contribution in [-0.2, 0) is 22.6 Å². The van der Waals surface area contributed by atoms with Crippen LogP contribution in [0.4, 0.5) is 0 Å². The molecule has 0 atom stereocenters. The van der Waals surface area contributed by atoms with E-state index in [1.165, 1.54) is 13.2 Å². The van der Waals surface area contributed by atoms with Crippen molar-refractivity contribution in [2.45, 2.75) is 26.9 Å². The number of methoxy groups -OCH3 is 1. The third-order valence-electron chi connectivity index (χ3n) is 5.34. The maximum Gasteiger partial charge on any atom is 0.348 e. The molecular weight excluding hydrogens is 556 g/mol. The summed E-state index contributed by atoms with van der Waals surface area (Å²) in [4.78, 5) is 25.9. The summed E-state index contributed by atoms with van der Waals surface area (Å²) < 4.78 is 17.3. The zero-order valence-corrected chi connectivity index (χ0v) is 22.9. The number of carbonyl (C=O) groups excluding carboxylic acids is 2. The number of carbonyl (C=O) groups is 2. The van der Waals surface area contributed by atoms with Gasteiger partial charge >= 0.3 is 5.97 Å². The van der Waals surface area contributed by atoms with Crippen LogP contribution in [0.1, 0.15) is 43.7 Å². The van der Waals surface area contributed by atoms with Gasteiger partial charge in [0.05, 0.1) is 24.9 Å². The van der Waals surface area contributed by atoms with Crippen LogP contribution in [0.25, 0.3) is 6.08 Å². The average Bonchev–Trinajstić information content (AvgIpc) is 3.21. The number of hydrogen-bond acceptors (Lipinski definition) is 8. The summed E-state index contributed by atoms with van der Waals surface area (Å²) in [5.41, 5.74) is 2.21. The van der Waals surface area contributed by atoms with E-state index in [2.05, 4.69) is 22.0 Å². The second-order valence-electron chi connectivity index (χ2n) is 7.78. The van der Waals surface area contributed by atoms with Gasteiger partial charge in [-0.1, -0.05) is 34.1 Å². The van der Waals surface area contributed by atoms with Crippen LogP contribution in [0.3, 0.4) is 0 Å². The van der Waals surface area contributed by atoms with Crippen molar-refractivity contribution in [2.24, 2.45) is 0 Å². The van der Waals surface area contributed by atoms with Crippen LogP contribution in [0, 0.1) is 29.6 Å². The third kappa shape index (κ3) is 6.85. The molecule has 0 radical (unpaired) electrons. The highest BCUT2D eigenvalue weighted by atomic mass is 79.9. The molecule has 9 heteroatoms. The van der Waals surface area contributed by atoms with Crippen LogP contribution in [-0.4, -0.2) is 25.5 Å². The topological polar surface area (TPSA) is 109 Å². The Morgan fingerprint density at radius 1 is 1.11 bits per heavy atom. The molecule has 0 aliphatic carbocycles. The first kappa shape index (κ1) is 27.7. The molecule has 0 aliphatic heterocycles. The van der Waals surface area contributed by atoms with Crippen molar-refractivity contribution in [3.05, 3.63) is 84.5 Å². The molecule has 37 heavy (non-hydrogen) atoms. The third-order valence-corrected chi connectivity index (χ3v) is 7.14. The molecule has 0 N–H and O–H groups in total. The van der Waals surface area contributed by atoms with Crippen molar-refractivity contribution in [3.63, 3.8) is 0 Å². The fraction of sp³-hybridized carbons (Fsp3) is 0.214. The first-order chi connectivity index (χ1) is 17.8. The van der Waals surface area contributed by atoms with Crippen molar-refractivity contribution < 1.29 is 23.8 Å². The van der Waals surface area contributed by atoms with Crippen LogP contribution in [0.15, 0.2) is 52.5 Å². The number of hydrogen-bond donors (Lipinski definition) is 0. The molecule has 0 unspecified atom stereocenters. The van der Waals surface area contributed by atoms with E-state index < -0.39 is 11.8 Å². The number of ether oxygens (including phenoxy) is 3. The lowest BCUT2D eigenvalue weighted by Gasteiger charge is -2.11. The highest BCUT2D eigenvalue weighted by Crippen LogP contribution is 2.31. The molecule has 0 aliphatic rings. The lowest BCUT2D eigenvalue weighted by Crippen LogP contribution is -2.05. The number of rotatable bonds is 10. The van der Waals surface area contributed by atoms with Crippen molar-refractivity contribution >= 4 is 45.1 Å². The number of nitrogens with zero attached hydrogens (tertiary/aromatic N) is 2. The van der Waals surface area contributed by atoms with E-state index in [0.717, 1.165) is 21.4 Å². The van der Waals surface area contributed by atoms with Gasteiger partial charge in [-0.05, 0) is 60.9 Å². The zero-order valence-electron chi connectivity index (χ0n) is 20.5. The van der Waals surface area contributed by atoms with Gasteiger partial charge in [0.15, 0.2) is 17.3 Å². The summed E-state index contributed by atoms with van der Waals surface area (Å²) in [7, 11) is 1.51. The number of nitriles is 2. The van der Waals surface area contributed by atoms with Crippen molar-refractivity contribution in [2.75, 3.05) is 13.7 Å². The van der Waals surface area contributed by atoms with Crippen LogP contribution < -0.4 is 9.47 Å². The average molecular weight is 579 g/mol. The van der Waals surface area contributed by atoms with Gasteiger partial charge in [0.1, 0.15) is 23.6 Å². The normalized spacial score (nSPS) is 10.8. The fourth-order valence-corrected chi connectivity index (χ4v) is 4.87. The van der Waals surface area contributed by atoms with E-state index in [1.807, 2.05) is 30.3 Å². The molecule has 0 spiro atoms. The molecule has 1 heterocycles. The molecule has 1 aromatic heterocycles. The quantitative estimate of drug-likeness (QED) is 0.160. The summed E-state index contributed by atoms with van der Waals surface area (Å²) in [6.07, 6.45) is 1.28. The molecule has 2 aromatic carbocycles. The SMILES string of the molecule is CCOC(=O)c1sc(CC(=O)/C(C#N)=C/c2ccc(OCc3ccc(Br)cc3)c(OC)c2)c(C#N)c1C. The second-order valence-corrected chi connectivity index (χ2v) is 9.80. The number of benzene rings is 2. The zero-order chi connectivity index (χ0) is 26.9. The van der Waals surface area contributed by atoms with Crippen molar-refractivity contribution in [3.8, 4) is 23.6 Å². The Labute approximate surface area is 227 Å². The maximum absolute atomic E-state index is 13.0. The van der Waals surface area contributed by atoms with Crippen molar-refractivity contribution in [1.82, 2.24) is 0 Å². The Balaban J connectivity index is 1.80. The molecule has 188 valence electrons. The minimum atomic E-state index is -0.536. The van der Waals surface area contributed by atoms with Gasteiger partial charge < -0.3 is 14.2 Å². The Morgan fingerprint density at radius 2 is 1.84 bits per heavy atom. The number of halogens is 1. The molecule has 0 saturated carbocycles. The second kappa shape index (κ2) is 12.9. The van der Waals surface area contributed by atoms with Crippen LogP contribution in [0.5, 0.6) is 11.5 Å². The molecule has 0 saturated heterocycles. The molecule has 0 amide bonds. The molecule has 3 rings (SSSR count). The van der Waals surface area contributed by atoms with Gasteiger partial charge in [0.25, 0.3) is 0 Å². The fourth-order valence-electron chi connectivity index (χ4n) is 3.45. The first-order valence-corrected chi connectivity index (χ1v) is 12.8. The smallest absolute Gasteiger partial charge is 0.348 e. The highest BCUT2D eigenvalue weighted by molar-refractivity contribution is 9.10. The molecule has 0 bridgehead atoms. The first-order valence-electron chi connectivity index (χ1n) is 11.2. The summed E-state index contributed by atoms with van der Waals surface area (Å²) in [5.74, 6) is -0.0297. The number of allylic oxidation sites excluding steroid dienone is 1. The van der Waals surface area contributed by atoms with E-state index in [9.17, 15) is 20.1 Å². The highest BCUT2D eigenvalue weighted by Gasteiger charge is 2.23. The van der Waals surface area contributed by atoms with E-state index >= 15 is 0 Å². The Hall–Kier alpha value is -3.92. The van der Waals surface area contributed by atoms with Gasteiger partial charge in [-0.15, -0.1) is 11.3 Å². The maximum atomic E-state index is 13.0. The molecule has 7 nitrogen and oxygen atoms in total. The largest absolute Gasteiger partial charge is 0.493 e. The summed E-state index contributed by atoms with van der Waals surface area (Å²) in [6.45, 7) is 3.88. The molecule has 0 fully saturated rings. The van der Waals surface area contributed by atoms with Gasteiger partial charge in [-0.25, -0.2) is 4.79 Å². The number of thiophene rings is 1. The van der Waals surface area contributed by atoms with E-state index in [-0.39, 0.29) is 29.0 Å². The number of ketones is 1. The number of Topliss-reactive ketones (excluding diaryl/α,β-unsaturated/α-hetero) is 1. The van der Waals surface area contributed by atoms with Gasteiger partial charge in [0.2, 0.25) is 0 Å². The summed E-state index contributed by atoms with van der Waals surface area (Å²) >= 11 is 4.44. The minimum absolute atomic E-state index is 0.0850. The van der Waals surface area contributed by atoms with Crippen LogP contribution in [0.2, 0.25) is 0 Å². The van der Waals surface area contributed by atoms with Crippen LogP contribution >= 0.6 is 27.3 Å². The Morgan fingerprint density at radius 3 is 2.46 bits per heavy atom. The monoisotopic (exact) mass is 578 g/mol. The van der Waals surface area contributed by atoms with E-state index in [0.29, 0.717) is 34.1 Å². The molecule has 3 aromatic rings. The Kier molecular flexibility index (Phi) is 9.62. The predicted octanol–water partition coefficient (Wildman–Crippen LogP) is 6.17. The predicted molar refractivity (Wildman–Crippen MR) is 143 cm³/mol. The van der Waals surface area contributed by atoms with Gasteiger partial charge in [-0.2, -0.15) is 10.5 Å². The standard InChI is InChI=1S/C28H23BrN2O5S/c1-4-35-28(33)27-17(2)22(15-31)26(37-27)13-23(32)20(14-30)11-19-7-10-24(25(12-19)34-3)36-16-18-5-8-21(29)9-6-18/h5-12H,4,13,16H2,1-3H3/b20-11+. The molecular formula is C28H23BrN2O5S. The van der Waals surface area contributed by atoms with E-state index in [1.54, 1.807) is 32.0 Å². The number of esters is 1.